The molecule has 0 unspecified atom stereocenters. The average Bonchev–Trinajstić information content (AvgIpc) is 2.02. The molecule has 0 saturated carbocycles. The molecule has 2 rings (SSSR count). The summed E-state index contributed by atoms with van der Waals surface area (Å²) in [6, 6.07) is 8.75. The standard InChI is InChI=1S/C11H14S.ClH/c1-11(2)8-7-9-5-3-4-6-10(9)12-11;/h3-6H,7-8H2,1-2H3;1H. The fourth-order valence-electron chi connectivity index (χ4n) is 1.59. The monoisotopic (exact) mass is 214 g/mol. The fourth-order valence-corrected chi connectivity index (χ4v) is 2.84. The second kappa shape index (κ2) is 3.93. The molecule has 0 nitrogen and oxygen atoms in total. The van der Waals surface area contributed by atoms with Gasteiger partial charge >= 0.3 is 0 Å². The van der Waals surface area contributed by atoms with Crippen LogP contribution in [0, 0.1) is 0 Å². The van der Waals surface area contributed by atoms with Crippen molar-refractivity contribution in [2.24, 2.45) is 0 Å². The number of halogens is 1. The van der Waals surface area contributed by atoms with Gasteiger partial charge in [-0.1, -0.05) is 32.0 Å². The van der Waals surface area contributed by atoms with Gasteiger partial charge in [-0.15, -0.1) is 24.2 Å². The Morgan fingerprint density at radius 1 is 1.23 bits per heavy atom. The molecule has 0 spiro atoms. The van der Waals surface area contributed by atoms with Crippen molar-refractivity contribution in [2.75, 3.05) is 0 Å². The fraction of sp³-hybridized carbons (Fsp3) is 0.455. The van der Waals surface area contributed by atoms with E-state index in [4.69, 9.17) is 0 Å². The van der Waals surface area contributed by atoms with Crippen LogP contribution in [0.1, 0.15) is 25.8 Å². The van der Waals surface area contributed by atoms with E-state index in [0.717, 1.165) is 0 Å². The maximum atomic E-state index is 2.33. The summed E-state index contributed by atoms with van der Waals surface area (Å²) < 4.78 is 0.439. The number of hydrogen-bond donors (Lipinski definition) is 0. The third kappa shape index (κ3) is 2.41. The van der Waals surface area contributed by atoms with E-state index < -0.39 is 0 Å². The van der Waals surface area contributed by atoms with Gasteiger partial charge in [-0.25, -0.2) is 0 Å². The summed E-state index contributed by atoms with van der Waals surface area (Å²) in [5, 5.41) is 0. The lowest BCUT2D eigenvalue weighted by Gasteiger charge is -2.30. The Morgan fingerprint density at radius 2 is 1.92 bits per heavy atom. The van der Waals surface area contributed by atoms with Gasteiger partial charge < -0.3 is 0 Å². The van der Waals surface area contributed by atoms with Crippen molar-refractivity contribution in [3.05, 3.63) is 29.8 Å². The number of hydrogen-bond acceptors (Lipinski definition) is 1. The minimum Gasteiger partial charge on any atom is -0.147 e. The summed E-state index contributed by atoms with van der Waals surface area (Å²) in [6.45, 7) is 4.65. The van der Waals surface area contributed by atoms with Crippen LogP contribution >= 0.6 is 24.2 Å². The molecule has 1 aliphatic heterocycles. The highest BCUT2D eigenvalue weighted by atomic mass is 35.5. The SMILES string of the molecule is CC1(C)CCc2ccccc2S1.Cl. The Hall–Kier alpha value is -0.140. The van der Waals surface area contributed by atoms with Crippen LogP contribution in [-0.2, 0) is 6.42 Å². The molecule has 1 aromatic rings. The molecule has 1 aromatic carbocycles. The lowest BCUT2D eigenvalue weighted by Crippen LogP contribution is -2.19. The lowest BCUT2D eigenvalue weighted by molar-refractivity contribution is 0.621. The smallest absolute Gasteiger partial charge is 0.0154 e. The van der Waals surface area contributed by atoms with Crippen LogP contribution in [0.3, 0.4) is 0 Å². The molecule has 1 heterocycles. The minimum absolute atomic E-state index is 0. The molecule has 0 saturated heterocycles. The van der Waals surface area contributed by atoms with E-state index in [1.54, 1.807) is 0 Å². The highest BCUT2D eigenvalue weighted by molar-refractivity contribution is 8.00. The van der Waals surface area contributed by atoms with Gasteiger partial charge in [0.1, 0.15) is 0 Å². The average molecular weight is 215 g/mol. The Labute approximate surface area is 90.5 Å². The normalized spacial score (nSPS) is 18.6. The van der Waals surface area contributed by atoms with Crippen molar-refractivity contribution in [1.29, 1.82) is 0 Å². The Kier molecular flexibility index (Phi) is 3.31. The summed E-state index contributed by atoms with van der Waals surface area (Å²) in [6.07, 6.45) is 2.55. The molecule has 0 amide bonds. The van der Waals surface area contributed by atoms with Crippen LogP contribution in [0.5, 0.6) is 0 Å². The van der Waals surface area contributed by atoms with Crippen LogP contribution in [0.4, 0.5) is 0 Å². The van der Waals surface area contributed by atoms with Gasteiger partial charge in [0, 0.05) is 9.64 Å². The second-order valence-corrected chi connectivity index (χ2v) is 5.72. The molecule has 0 fully saturated rings. The summed E-state index contributed by atoms with van der Waals surface area (Å²) >= 11 is 2.01. The second-order valence-electron chi connectivity index (χ2n) is 3.97. The number of benzene rings is 1. The molecule has 1 aliphatic rings. The molecule has 0 bridgehead atoms. The molecule has 0 radical (unpaired) electrons. The van der Waals surface area contributed by atoms with E-state index in [0.29, 0.717) is 4.75 Å². The molecular formula is C11H15ClS. The highest BCUT2D eigenvalue weighted by Crippen LogP contribution is 2.42. The summed E-state index contributed by atoms with van der Waals surface area (Å²) in [7, 11) is 0. The molecule has 0 aromatic heterocycles. The number of rotatable bonds is 0. The molecule has 2 heteroatoms. The lowest BCUT2D eigenvalue weighted by atomic mass is 10.0. The summed E-state index contributed by atoms with van der Waals surface area (Å²) in [5.41, 5.74) is 1.53. The third-order valence-corrected chi connectivity index (χ3v) is 3.73. The maximum Gasteiger partial charge on any atom is 0.0154 e. The first-order valence-electron chi connectivity index (χ1n) is 4.44. The quantitative estimate of drug-likeness (QED) is 0.631. The molecule has 0 aliphatic carbocycles. The molecule has 0 atom stereocenters. The van der Waals surface area contributed by atoms with Gasteiger partial charge in [0.25, 0.3) is 0 Å². The van der Waals surface area contributed by atoms with Crippen LogP contribution in [0.15, 0.2) is 29.2 Å². The number of thioether (sulfide) groups is 1. The van der Waals surface area contributed by atoms with Crippen LogP contribution < -0.4 is 0 Å². The van der Waals surface area contributed by atoms with Gasteiger partial charge in [0.15, 0.2) is 0 Å². The maximum absolute atomic E-state index is 2.33. The van der Waals surface area contributed by atoms with Crippen molar-refractivity contribution in [1.82, 2.24) is 0 Å². The first kappa shape index (κ1) is 10.9. The first-order chi connectivity index (χ1) is 5.67. The molecule has 0 N–H and O–H groups in total. The van der Waals surface area contributed by atoms with Crippen molar-refractivity contribution in [3.63, 3.8) is 0 Å². The minimum atomic E-state index is 0. The topological polar surface area (TPSA) is 0 Å². The van der Waals surface area contributed by atoms with Crippen LogP contribution in [0.25, 0.3) is 0 Å². The van der Waals surface area contributed by atoms with Gasteiger partial charge in [0.05, 0.1) is 0 Å². The number of aryl methyl sites for hydroxylation is 1. The number of fused-ring (bicyclic) bond motifs is 1. The van der Waals surface area contributed by atoms with Crippen LogP contribution in [-0.4, -0.2) is 4.75 Å². The first-order valence-corrected chi connectivity index (χ1v) is 5.26. The van der Waals surface area contributed by atoms with Crippen LogP contribution in [0.2, 0.25) is 0 Å². The van der Waals surface area contributed by atoms with E-state index in [1.165, 1.54) is 23.3 Å². The van der Waals surface area contributed by atoms with E-state index >= 15 is 0 Å². The molecule has 13 heavy (non-hydrogen) atoms. The molecule has 72 valence electrons. The largest absolute Gasteiger partial charge is 0.147 e. The van der Waals surface area contributed by atoms with Crippen molar-refractivity contribution >= 4 is 24.2 Å². The van der Waals surface area contributed by atoms with Crippen molar-refractivity contribution in [3.8, 4) is 0 Å². The van der Waals surface area contributed by atoms with Gasteiger partial charge in [0.2, 0.25) is 0 Å². The Bertz CT molecular complexity index is 294. The zero-order valence-corrected chi connectivity index (χ0v) is 9.67. The highest BCUT2D eigenvalue weighted by Gasteiger charge is 2.25. The van der Waals surface area contributed by atoms with Crippen molar-refractivity contribution < 1.29 is 0 Å². The van der Waals surface area contributed by atoms with E-state index in [9.17, 15) is 0 Å². The van der Waals surface area contributed by atoms with Gasteiger partial charge in [-0.2, -0.15) is 0 Å². The summed E-state index contributed by atoms with van der Waals surface area (Å²) in [5.74, 6) is 0. The van der Waals surface area contributed by atoms with Crippen molar-refractivity contribution in [2.45, 2.75) is 36.3 Å². The third-order valence-electron chi connectivity index (χ3n) is 2.36. The summed E-state index contributed by atoms with van der Waals surface area (Å²) in [4.78, 5) is 1.48. The van der Waals surface area contributed by atoms with Gasteiger partial charge in [-0.3, -0.25) is 0 Å². The van der Waals surface area contributed by atoms with E-state index in [1.807, 2.05) is 11.8 Å². The molecular weight excluding hydrogens is 200 g/mol. The van der Waals surface area contributed by atoms with Gasteiger partial charge in [-0.05, 0) is 24.5 Å². The Balaban J connectivity index is 0.000000845. The zero-order valence-electron chi connectivity index (χ0n) is 8.04. The zero-order chi connectivity index (χ0) is 8.60. The predicted octanol–water partition coefficient (Wildman–Crippen LogP) is 3.93. The van der Waals surface area contributed by atoms with E-state index in [2.05, 4.69) is 38.1 Å². The van der Waals surface area contributed by atoms with E-state index in [-0.39, 0.29) is 12.4 Å². The predicted molar refractivity (Wildman–Crippen MR) is 61.9 cm³/mol. The Morgan fingerprint density at radius 3 is 2.69 bits per heavy atom.